The van der Waals surface area contributed by atoms with Crippen LogP contribution in [-0.4, -0.2) is 4.70 Å². The zero-order valence-corrected chi connectivity index (χ0v) is 73.4. The van der Waals surface area contributed by atoms with Crippen molar-refractivity contribution < 1.29 is 25.1 Å². The molecule has 0 saturated carbocycles. The minimum Gasteiger partial charge on any atom is -0.493 e. The number of benzene rings is 2. The molecule has 0 radical (unpaired) electrons. The summed E-state index contributed by atoms with van der Waals surface area (Å²) in [6, 6.07) is 10.0. The predicted octanol–water partition coefficient (Wildman–Crippen LogP) is 35.7. The van der Waals surface area contributed by atoms with E-state index in [1.807, 2.05) is 0 Å². The molecule has 1 aliphatic heterocycles. The van der Waals surface area contributed by atoms with Crippen molar-refractivity contribution in [3.63, 3.8) is 0 Å². The number of unbranched alkanes of at least 4 members (excludes halogenated alkanes) is 54. The van der Waals surface area contributed by atoms with Gasteiger partial charge < -0.3 is 19.4 Å². The van der Waals surface area contributed by atoms with Crippen molar-refractivity contribution in [2.75, 3.05) is 0 Å². The van der Waals surface area contributed by atoms with Gasteiger partial charge in [-0.05, 0) is 135 Å². The minimum atomic E-state index is 0. The summed E-state index contributed by atoms with van der Waals surface area (Å²) in [5, 5.41) is 0. The van der Waals surface area contributed by atoms with Crippen LogP contribution in [0.4, 0.5) is 0 Å². The average molecular weight is 1520 g/mol. The van der Waals surface area contributed by atoms with Gasteiger partial charge in [0.25, 0.3) is 0 Å². The molecule has 0 amide bonds. The SMILES string of the molecule is CCCCCCCCC1=C(c2cc(CCC)c(CCCCC)c(CCC)c2)[N+](=[N-])C(c2cc(CCC)c(CCCCC)c(CCC)c2)=C1CCCC.[CH2-]CCCCCCCCCCCCCCCCCCCCCCCC.[CH2-]CCCCCCCCCCCCCCCCCCCCCCCC.[Pd+2]. The largest absolute Gasteiger partial charge is 2.00 e. The van der Waals surface area contributed by atoms with Crippen molar-refractivity contribution in [2.24, 2.45) is 0 Å². The second-order valence-electron chi connectivity index (χ2n) is 32.6. The smallest absolute Gasteiger partial charge is 0.493 e. The van der Waals surface area contributed by atoms with Gasteiger partial charge in [-0.25, -0.2) is 4.70 Å². The summed E-state index contributed by atoms with van der Waals surface area (Å²) in [6.45, 7) is 31.0. The number of hydrogen-bond donors (Lipinski definition) is 0. The van der Waals surface area contributed by atoms with E-state index in [2.05, 4.69) is 107 Å². The molecule has 0 fully saturated rings. The monoisotopic (exact) mass is 1520 g/mol. The molecule has 0 atom stereocenters. The van der Waals surface area contributed by atoms with Crippen LogP contribution in [0, 0.1) is 13.8 Å². The second-order valence-corrected chi connectivity index (χ2v) is 32.6. The third-order valence-electron chi connectivity index (χ3n) is 22.7. The molecule has 0 bridgehead atoms. The van der Waals surface area contributed by atoms with Gasteiger partial charge in [0.05, 0.1) is 0 Å². The molecule has 2 aromatic rings. The Morgan fingerprint density at radius 2 is 0.388 bits per heavy atom. The van der Waals surface area contributed by atoms with Gasteiger partial charge in [0.1, 0.15) is 0 Å². The molecule has 3 heteroatoms. The molecular formula is C100H182N2Pd. The van der Waals surface area contributed by atoms with Crippen LogP contribution in [0.15, 0.2) is 35.4 Å². The molecule has 0 aromatic heterocycles. The maximum atomic E-state index is 12.8. The van der Waals surface area contributed by atoms with Crippen LogP contribution in [0.3, 0.4) is 0 Å². The van der Waals surface area contributed by atoms with Crippen LogP contribution in [0.2, 0.25) is 0 Å². The van der Waals surface area contributed by atoms with Crippen molar-refractivity contribution in [1.29, 1.82) is 0 Å². The molecule has 0 aliphatic carbocycles. The first-order chi connectivity index (χ1) is 50.3. The molecule has 602 valence electrons. The number of hydrogen-bond acceptors (Lipinski definition) is 0. The molecule has 3 rings (SSSR count). The topological polar surface area (TPSA) is 25.3 Å². The van der Waals surface area contributed by atoms with Crippen LogP contribution >= 0.6 is 0 Å². The fraction of sp³-hybridized carbons (Fsp3) is 0.820. The van der Waals surface area contributed by atoms with Gasteiger partial charge in [-0.3, -0.25) is 0 Å². The molecular weight excluding hydrogens is 1340 g/mol. The summed E-state index contributed by atoms with van der Waals surface area (Å²) in [5.41, 5.74) is 29.6. The Labute approximate surface area is 662 Å². The summed E-state index contributed by atoms with van der Waals surface area (Å²) in [5.74, 6) is 0. The first kappa shape index (κ1) is 101. The van der Waals surface area contributed by atoms with E-state index in [-0.39, 0.29) is 20.4 Å². The Bertz CT molecular complexity index is 2080. The van der Waals surface area contributed by atoms with Gasteiger partial charge in [0.2, 0.25) is 11.4 Å². The van der Waals surface area contributed by atoms with Crippen molar-refractivity contribution in [1.82, 2.24) is 0 Å². The van der Waals surface area contributed by atoms with Crippen molar-refractivity contribution >= 4 is 11.4 Å². The molecule has 1 heterocycles. The Kier molecular flexibility index (Phi) is 75.6. The molecule has 2 nitrogen and oxygen atoms in total. The van der Waals surface area contributed by atoms with E-state index in [0.29, 0.717) is 0 Å². The third kappa shape index (κ3) is 52.1. The number of nitrogens with zero attached hydrogens (tertiary/aromatic N) is 2. The van der Waals surface area contributed by atoms with Crippen LogP contribution in [0.5, 0.6) is 0 Å². The van der Waals surface area contributed by atoms with Crippen LogP contribution in [0.25, 0.3) is 16.9 Å². The van der Waals surface area contributed by atoms with Crippen molar-refractivity contribution in [2.45, 2.75) is 532 Å². The molecule has 0 N–H and O–H groups in total. The number of rotatable bonds is 72. The Morgan fingerprint density at radius 3 is 0.592 bits per heavy atom. The summed E-state index contributed by atoms with van der Waals surface area (Å²) < 4.78 is 1.70. The predicted molar refractivity (Wildman–Crippen MR) is 465 cm³/mol. The fourth-order valence-corrected chi connectivity index (χ4v) is 16.4. The Morgan fingerprint density at radius 1 is 0.214 bits per heavy atom. The van der Waals surface area contributed by atoms with Gasteiger partial charge in [0.15, 0.2) is 0 Å². The Hall–Kier alpha value is -1.82. The zero-order chi connectivity index (χ0) is 74.2. The van der Waals surface area contributed by atoms with Crippen LogP contribution in [-0.2, 0) is 58.9 Å². The quantitative estimate of drug-likeness (QED) is 0.0273. The summed E-state index contributed by atoms with van der Waals surface area (Å²) in [6.07, 6.45) is 97.8. The molecule has 103 heavy (non-hydrogen) atoms. The van der Waals surface area contributed by atoms with Crippen LogP contribution < -0.4 is 0 Å². The normalized spacial score (nSPS) is 12.2. The first-order valence-electron chi connectivity index (χ1n) is 47.1. The fourth-order valence-electron chi connectivity index (χ4n) is 16.4. The molecule has 0 unspecified atom stereocenters. The van der Waals surface area contributed by atoms with Gasteiger partial charge in [-0.1, -0.05) is 442 Å². The number of allylic oxidation sites excluding steroid dienone is 2. The van der Waals surface area contributed by atoms with E-state index in [1.165, 1.54) is 417 Å². The molecule has 0 saturated heterocycles. The summed E-state index contributed by atoms with van der Waals surface area (Å²) in [7, 11) is 0. The maximum Gasteiger partial charge on any atom is 2.00 e. The molecule has 1 aliphatic rings. The summed E-state index contributed by atoms with van der Waals surface area (Å²) >= 11 is 0. The van der Waals surface area contributed by atoms with Gasteiger partial charge in [-0.15, -0.1) is 0 Å². The number of aryl methyl sites for hydroxylation is 4. The van der Waals surface area contributed by atoms with E-state index in [1.54, 1.807) is 15.8 Å². The first-order valence-corrected chi connectivity index (χ1v) is 47.1. The van der Waals surface area contributed by atoms with Gasteiger partial charge in [-0.2, -0.15) is 12.8 Å². The van der Waals surface area contributed by atoms with E-state index < -0.39 is 0 Å². The minimum absolute atomic E-state index is 0. The maximum absolute atomic E-state index is 12.8. The zero-order valence-electron chi connectivity index (χ0n) is 71.8. The van der Waals surface area contributed by atoms with E-state index in [0.717, 1.165) is 101 Å². The van der Waals surface area contributed by atoms with Crippen molar-refractivity contribution in [3.8, 4) is 0 Å². The Balaban J connectivity index is 0.00000171. The van der Waals surface area contributed by atoms with E-state index in [4.69, 9.17) is 0 Å². The second kappa shape index (κ2) is 76.9. The van der Waals surface area contributed by atoms with Crippen LogP contribution in [0.1, 0.15) is 538 Å². The van der Waals surface area contributed by atoms with Gasteiger partial charge in [0, 0.05) is 22.3 Å². The van der Waals surface area contributed by atoms with Crippen molar-refractivity contribution in [3.05, 3.63) is 99.3 Å². The summed E-state index contributed by atoms with van der Waals surface area (Å²) in [4.78, 5) is 0. The standard InChI is InChI=1S/C50H80N2.2C25H51.Pd/c1-9-17-21-22-23-26-34-48-47(31-20-12-4)49(43-35-39(27-13-5)45(32-24-18-10-2)40(36-43)28-14-6)52(51)50(48)44-37-41(29-15-7)46(33-25-19-11-3)42(38-44)30-16-8;2*1-3-5-7-9-11-13-15-17-19-21-23-25-24-22-20-18-16-14-12-10-8-6-4-2;/h35-38H,9-34H2,1-8H3;2*1,3-25H2,2H3;/q;2*-1;+2. The van der Waals surface area contributed by atoms with Gasteiger partial charge >= 0.3 is 20.4 Å². The average Bonchev–Trinajstić information content (AvgIpc) is 1.61. The van der Waals surface area contributed by atoms with E-state index in [9.17, 15) is 5.53 Å². The van der Waals surface area contributed by atoms with E-state index >= 15 is 0 Å². The third-order valence-corrected chi connectivity index (χ3v) is 22.7. The molecule has 2 aromatic carbocycles. The molecule has 0 spiro atoms.